The van der Waals surface area contributed by atoms with E-state index in [1.54, 1.807) is 0 Å². The molecule has 0 aliphatic carbocycles. The maximum atomic E-state index is 5.60. The Kier molecular flexibility index (Phi) is 6.64. The topological polar surface area (TPSA) is 21.3 Å². The quantitative estimate of drug-likeness (QED) is 0.724. The normalized spacial score (nSPS) is 12.1. The standard InChI is InChI=1S/C18H23NOS/c1-3-19-18(14-21-17-11-6-5-7-12-17)15-9-8-10-16(13-15)20-4-2/h5-13,18-19H,3-4,14H2,1-2H3. The number of hydrogen-bond acceptors (Lipinski definition) is 3. The van der Waals surface area contributed by atoms with Gasteiger partial charge in [-0.25, -0.2) is 0 Å². The van der Waals surface area contributed by atoms with E-state index >= 15 is 0 Å². The summed E-state index contributed by atoms with van der Waals surface area (Å²) in [5.74, 6) is 1.95. The Morgan fingerprint density at radius 3 is 2.57 bits per heavy atom. The fraction of sp³-hybridized carbons (Fsp3) is 0.333. The molecule has 0 spiro atoms. The van der Waals surface area contributed by atoms with Gasteiger partial charge in [0.25, 0.3) is 0 Å². The number of ether oxygens (including phenoxy) is 1. The number of benzene rings is 2. The van der Waals surface area contributed by atoms with Crippen molar-refractivity contribution in [1.82, 2.24) is 5.32 Å². The summed E-state index contributed by atoms with van der Waals surface area (Å²) < 4.78 is 5.60. The highest BCUT2D eigenvalue weighted by Gasteiger charge is 2.11. The average Bonchev–Trinajstić information content (AvgIpc) is 2.53. The minimum atomic E-state index is 0.334. The first-order valence-electron chi connectivity index (χ1n) is 7.47. The van der Waals surface area contributed by atoms with Gasteiger partial charge in [0, 0.05) is 16.7 Å². The third-order valence-corrected chi connectivity index (χ3v) is 4.29. The minimum Gasteiger partial charge on any atom is -0.494 e. The summed E-state index contributed by atoms with van der Waals surface area (Å²) in [4.78, 5) is 1.31. The van der Waals surface area contributed by atoms with Crippen molar-refractivity contribution in [1.29, 1.82) is 0 Å². The molecule has 1 unspecified atom stereocenters. The summed E-state index contributed by atoms with van der Waals surface area (Å²) >= 11 is 1.88. The van der Waals surface area contributed by atoms with Gasteiger partial charge in [0.05, 0.1) is 6.61 Å². The van der Waals surface area contributed by atoms with Crippen molar-refractivity contribution in [3.63, 3.8) is 0 Å². The molecular formula is C18H23NOS. The lowest BCUT2D eigenvalue weighted by Crippen LogP contribution is -2.23. The van der Waals surface area contributed by atoms with Gasteiger partial charge in [-0.15, -0.1) is 11.8 Å². The second-order valence-electron chi connectivity index (χ2n) is 4.74. The zero-order valence-electron chi connectivity index (χ0n) is 12.7. The van der Waals surface area contributed by atoms with E-state index in [9.17, 15) is 0 Å². The van der Waals surface area contributed by atoms with Gasteiger partial charge in [0.2, 0.25) is 0 Å². The monoisotopic (exact) mass is 301 g/mol. The van der Waals surface area contributed by atoms with Crippen LogP contribution in [-0.4, -0.2) is 18.9 Å². The minimum absolute atomic E-state index is 0.334. The lowest BCUT2D eigenvalue weighted by molar-refractivity contribution is 0.339. The van der Waals surface area contributed by atoms with E-state index in [0.29, 0.717) is 12.6 Å². The van der Waals surface area contributed by atoms with Crippen molar-refractivity contribution in [3.8, 4) is 5.75 Å². The van der Waals surface area contributed by atoms with Crippen LogP contribution in [-0.2, 0) is 0 Å². The summed E-state index contributed by atoms with van der Waals surface area (Å²) in [6.45, 7) is 5.82. The van der Waals surface area contributed by atoms with Crippen LogP contribution in [0.4, 0.5) is 0 Å². The summed E-state index contributed by atoms with van der Waals surface area (Å²) in [6.07, 6.45) is 0. The van der Waals surface area contributed by atoms with Gasteiger partial charge < -0.3 is 10.1 Å². The van der Waals surface area contributed by atoms with Crippen LogP contribution < -0.4 is 10.1 Å². The van der Waals surface area contributed by atoms with Crippen LogP contribution in [0.3, 0.4) is 0 Å². The van der Waals surface area contributed by atoms with Crippen molar-refractivity contribution < 1.29 is 4.74 Å². The highest BCUT2D eigenvalue weighted by molar-refractivity contribution is 7.99. The molecule has 0 amide bonds. The lowest BCUT2D eigenvalue weighted by Gasteiger charge is -2.19. The summed E-state index contributed by atoms with van der Waals surface area (Å²) in [6, 6.07) is 19.3. The Balaban J connectivity index is 2.05. The molecule has 2 nitrogen and oxygen atoms in total. The maximum Gasteiger partial charge on any atom is 0.119 e. The highest BCUT2D eigenvalue weighted by atomic mass is 32.2. The van der Waals surface area contributed by atoms with Crippen molar-refractivity contribution in [2.45, 2.75) is 24.8 Å². The molecule has 21 heavy (non-hydrogen) atoms. The number of nitrogens with one attached hydrogen (secondary N) is 1. The summed E-state index contributed by atoms with van der Waals surface area (Å²) in [7, 11) is 0. The predicted molar refractivity (Wildman–Crippen MR) is 91.2 cm³/mol. The van der Waals surface area contributed by atoms with Crippen LogP contribution in [0, 0.1) is 0 Å². The molecule has 0 radical (unpaired) electrons. The Morgan fingerprint density at radius 2 is 1.86 bits per heavy atom. The molecule has 2 aromatic carbocycles. The van der Waals surface area contributed by atoms with E-state index in [0.717, 1.165) is 18.0 Å². The highest BCUT2D eigenvalue weighted by Crippen LogP contribution is 2.26. The van der Waals surface area contributed by atoms with Crippen LogP contribution in [0.1, 0.15) is 25.5 Å². The number of thioether (sulfide) groups is 1. The van der Waals surface area contributed by atoms with Crippen molar-refractivity contribution in [3.05, 3.63) is 60.2 Å². The van der Waals surface area contributed by atoms with Gasteiger partial charge >= 0.3 is 0 Å². The van der Waals surface area contributed by atoms with Crippen LogP contribution in [0.25, 0.3) is 0 Å². The molecule has 0 aliphatic rings. The Bertz CT molecular complexity index is 530. The van der Waals surface area contributed by atoms with E-state index in [4.69, 9.17) is 4.74 Å². The van der Waals surface area contributed by atoms with Crippen LogP contribution in [0.15, 0.2) is 59.5 Å². The van der Waals surface area contributed by atoms with Crippen molar-refractivity contribution in [2.75, 3.05) is 18.9 Å². The van der Waals surface area contributed by atoms with Crippen molar-refractivity contribution >= 4 is 11.8 Å². The van der Waals surface area contributed by atoms with Crippen LogP contribution in [0.5, 0.6) is 5.75 Å². The molecule has 2 aromatic rings. The van der Waals surface area contributed by atoms with Gasteiger partial charge in [-0.1, -0.05) is 37.3 Å². The summed E-state index contributed by atoms with van der Waals surface area (Å²) in [5.41, 5.74) is 1.28. The summed E-state index contributed by atoms with van der Waals surface area (Å²) in [5, 5.41) is 3.56. The SMILES string of the molecule is CCNC(CSc1ccccc1)c1cccc(OCC)c1. The molecule has 0 heterocycles. The van der Waals surface area contributed by atoms with Gasteiger partial charge in [-0.3, -0.25) is 0 Å². The Hall–Kier alpha value is -1.45. The van der Waals surface area contributed by atoms with E-state index < -0.39 is 0 Å². The fourth-order valence-corrected chi connectivity index (χ4v) is 3.22. The van der Waals surface area contributed by atoms with Crippen LogP contribution in [0.2, 0.25) is 0 Å². The molecule has 1 N–H and O–H groups in total. The first-order valence-corrected chi connectivity index (χ1v) is 8.46. The molecule has 0 saturated carbocycles. The Morgan fingerprint density at radius 1 is 1.05 bits per heavy atom. The molecule has 1 atom stereocenters. The van der Waals surface area contributed by atoms with E-state index in [1.165, 1.54) is 10.5 Å². The number of hydrogen-bond donors (Lipinski definition) is 1. The smallest absolute Gasteiger partial charge is 0.119 e. The molecule has 0 fully saturated rings. The Labute approximate surface area is 131 Å². The zero-order chi connectivity index (χ0) is 14.9. The molecule has 2 rings (SSSR count). The van der Waals surface area contributed by atoms with E-state index in [2.05, 4.69) is 60.8 Å². The van der Waals surface area contributed by atoms with Gasteiger partial charge in [0.1, 0.15) is 5.75 Å². The number of rotatable bonds is 8. The van der Waals surface area contributed by atoms with E-state index in [-0.39, 0.29) is 0 Å². The maximum absolute atomic E-state index is 5.60. The lowest BCUT2D eigenvalue weighted by atomic mass is 10.1. The largest absolute Gasteiger partial charge is 0.494 e. The first-order chi connectivity index (χ1) is 10.3. The first kappa shape index (κ1) is 15.9. The van der Waals surface area contributed by atoms with Gasteiger partial charge in [0.15, 0.2) is 0 Å². The van der Waals surface area contributed by atoms with Gasteiger partial charge in [-0.05, 0) is 43.3 Å². The average molecular weight is 301 g/mol. The third kappa shape index (κ3) is 5.10. The zero-order valence-corrected chi connectivity index (χ0v) is 13.5. The third-order valence-electron chi connectivity index (χ3n) is 3.18. The van der Waals surface area contributed by atoms with Crippen LogP contribution >= 0.6 is 11.8 Å². The second-order valence-corrected chi connectivity index (χ2v) is 5.83. The molecule has 3 heteroatoms. The molecular weight excluding hydrogens is 278 g/mol. The molecule has 0 bridgehead atoms. The second kappa shape index (κ2) is 8.75. The predicted octanol–water partition coefficient (Wildman–Crippen LogP) is 4.53. The molecule has 0 saturated heterocycles. The van der Waals surface area contributed by atoms with Gasteiger partial charge in [-0.2, -0.15) is 0 Å². The molecule has 112 valence electrons. The molecule has 0 aliphatic heterocycles. The van der Waals surface area contributed by atoms with E-state index in [1.807, 2.05) is 24.8 Å². The molecule has 0 aromatic heterocycles. The van der Waals surface area contributed by atoms with Crippen molar-refractivity contribution in [2.24, 2.45) is 0 Å². The fourth-order valence-electron chi connectivity index (χ4n) is 2.20.